The normalized spacial score (nSPS) is 16.0. The van der Waals surface area contributed by atoms with Gasteiger partial charge in [0.2, 0.25) is 5.91 Å². The smallest absolute Gasteiger partial charge is 0.267 e. The Kier molecular flexibility index (Phi) is 5.78. The summed E-state index contributed by atoms with van der Waals surface area (Å²) in [5.41, 5.74) is 2.51. The molecule has 0 aliphatic carbocycles. The van der Waals surface area contributed by atoms with Crippen molar-refractivity contribution in [1.82, 2.24) is 0 Å². The molecule has 0 saturated carbocycles. The van der Waals surface area contributed by atoms with Gasteiger partial charge in [0.25, 0.3) is 5.91 Å². The minimum absolute atomic E-state index is 0.0774. The second-order valence-electron chi connectivity index (χ2n) is 6.20. The van der Waals surface area contributed by atoms with Crippen LogP contribution in [0, 0.1) is 0 Å². The molecule has 0 radical (unpaired) electrons. The Bertz CT molecular complexity index is 795. The van der Waals surface area contributed by atoms with Gasteiger partial charge < -0.3 is 15.0 Å². The highest BCUT2D eigenvalue weighted by Crippen LogP contribution is 2.36. The largest absolute Gasteiger partial charge is 0.479 e. The van der Waals surface area contributed by atoms with Gasteiger partial charge in [0, 0.05) is 12.2 Å². The van der Waals surface area contributed by atoms with Crippen molar-refractivity contribution in [1.29, 1.82) is 0 Å². The van der Waals surface area contributed by atoms with Crippen LogP contribution < -0.4 is 15.0 Å². The molecule has 0 spiro atoms. The molecular formula is C20H21ClN2O3. The molecular weight excluding hydrogens is 352 g/mol. The molecule has 1 aliphatic rings. The average Bonchev–Trinajstić information content (AvgIpc) is 2.66. The SMILES string of the molecule is CC1Oc2ccc(NC(=O)CCl)cc2N(CCCc2ccccc2)C1=O. The second kappa shape index (κ2) is 8.23. The first-order valence-corrected chi connectivity index (χ1v) is 9.14. The number of alkyl halides is 1. The summed E-state index contributed by atoms with van der Waals surface area (Å²) in [4.78, 5) is 25.9. The summed E-state index contributed by atoms with van der Waals surface area (Å²) in [6.45, 7) is 2.33. The van der Waals surface area contributed by atoms with E-state index in [0.717, 1.165) is 12.8 Å². The fourth-order valence-corrected chi connectivity index (χ4v) is 3.06. The molecule has 0 aromatic heterocycles. The third-order valence-electron chi connectivity index (χ3n) is 4.26. The number of carbonyl (C=O) groups excluding carboxylic acids is 2. The number of nitrogens with one attached hydrogen (secondary N) is 1. The lowest BCUT2D eigenvalue weighted by molar-refractivity contribution is -0.125. The lowest BCUT2D eigenvalue weighted by Gasteiger charge is -2.33. The molecule has 0 saturated heterocycles. The van der Waals surface area contributed by atoms with Gasteiger partial charge in [-0.3, -0.25) is 9.59 Å². The van der Waals surface area contributed by atoms with E-state index in [1.54, 1.807) is 30.0 Å². The van der Waals surface area contributed by atoms with Gasteiger partial charge >= 0.3 is 0 Å². The number of rotatable bonds is 6. The van der Waals surface area contributed by atoms with Crippen molar-refractivity contribution in [3.63, 3.8) is 0 Å². The highest BCUT2D eigenvalue weighted by atomic mass is 35.5. The van der Waals surface area contributed by atoms with Crippen LogP contribution in [0.25, 0.3) is 0 Å². The number of benzene rings is 2. The number of amides is 2. The summed E-state index contributed by atoms with van der Waals surface area (Å²) in [6, 6.07) is 15.4. The van der Waals surface area contributed by atoms with E-state index in [4.69, 9.17) is 16.3 Å². The lowest BCUT2D eigenvalue weighted by atomic mass is 10.1. The van der Waals surface area contributed by atoms with E-state index >= 15 is 0 Å². The Balaban J connectivity index is 1.77. The third kappa shape index (κ3) is 4.17. The molecule has 1 N–H and O–H groups in total. The van der Waals surface area contributed by atoms with Crippen molar-refractivity contribution in [2.75, 3.05) is 22.6 Å². The van der Waals surface area contributed by atoms with Crippen molar-refractivity contribution < 1.29 is 14.3 Å². The average molecular weight is 373 g/mol. The summed E-state index contributed by atoms with van der Waals surface area (Å²) < 4.78 is 5.70. The molecule has 3 rings (SSSR count). The van der Waals surface area contributed by atoms with Crippen LogP contribution in [0.2, 0.25) is 0 Å². The first-order valence-electron chi connectivity index (χ1n) is 8.60. The van der Waals surface area contributed by atoms with Crippen LogP contribution in [-0.2, 0) is 16.0 Å². The maximum absolute atomic E-state index is 12.6. The molecule has 0 fully saturated rings. The maximum Gasteiger partial charge on any atom is 0.267 e. The monoisotopic (exact) mass is 372 g/mol. The van der Waals surface area contributed by atoms with E-state index in [-0.39, 0.29) is 17.7 Å². The third-order valence-corrected chi connectivity index (χ3v) is 4.51. The Morgan fingerprint density at radius 3 is 2.73 bits per heavy atom. The van der Waals surface area contributed by atoms with Gasteiger partial charge in [-0.2, -0.15) is 0 Å². The van der Waals surface area contributed by atoms with Crippen molar-refractivity contribution in [3.8, 4) is 5.75 Å². The number of hydrogen-bond acceptors (Lipinski definition) is 3. The van der Waals surface area contributed by atoms with E-state index in [1.807, 2.05) is 18.2 Å². The zero-order chi connectivity index (χ0) is 18.5. The van der Waals surface area contributed by atoms with Crippen molar-refractivity contribution in [2.24, 2.45) is 0 Å². The molecule has 1 unspecified atom stereocenters. The number of hydrogen-bond donors (Lipinski definition) is 1. The summed E-state index contributed by atoms with van der Waals surface area (Å²) in [6.07, 6.45) is 1.19. The quantitative estimate of drug-likeness (QED) is 0.788. The zero-order valence-electron chi connectivity index (χ0n) is 14.6. The van der Waals surface area contributed by atoms with Crippen molar-refractivity contribution in [3.05, 3.63) is 54.1 Å². The molecule has 2 aromatic rings. The molecule has 26 heavy (non-hydrogen) atoms. The molecule has 2 amide bonds. The number of carbonyl (C=O) groups is 2. The summed E-state index contributed by atoms with van der Waals surface area (Å²) >= 11 is 5.54. The molecule has 136 valence electrons. The molecule has 1 heterocycles. The Morgan fingerprint density at radius 2 is 2.00 bits per heavy atom. The number of ether oxygens (including phenoxy) is 1. The molecule has 0 bridgehead atoms. The minimum Gasteiger partial charge on any atom is -0.479 e. The Labute approximate surface area is 157 Å². The molecule has 2 aromatic carbocycles. The molecule has 5 nitrogen and oxygen atoms in total. The van der Waals surface area contributed by atoms with Gasteiger partial charge in [-0.25, -0.2) is 0 Å². The first-order chi connectivity index (χ1) is 12.6. The summed E-state index contributed by atoms with van der Waals surface area (Å²) in [5.74, 6) is 0.149. The topological polar surface area (TPSA) is 58.6 Å². The first kappa shape index (κ1) is 18.3. The summed E-state index contributed by atoms with van der Waals surface area (Å²) in [7, 11) is 0. The van der Waals surface area contributed by atoms with E-state index < -0.39 is 6.10 Å². The molecule has 6 heteroatoms. The highest BCUT2D eigenvalue weighted by Gasteiger charge is 2.31. The van der Waals surface area contributed by atoms with Crippen LogP contribution in [0.5, 0.6) is 5.75 Å². The van der Waals surface area contributed by atoms with Crippen LogP contribution in [0.15, 0.2) is 48.5 Å². The Hall–Kier alpha value is -2.53. The van der Waals surface area contributed by atoms with Crippen molar-refractivity contribution in [2.45, 2.75) is 25.9 Å². The standard InChI is InChI=1S/C20H21ClN2O3/c1-14-20(25)23(11-5-8-15-6-3-2-4-7-15)17-12-16(22-19(24)13-21)9-10-18(17)26-14/h2-4,6-7,9-10,12,14H,5,8,11,13H2,1H3,(H,22,24). The number of nitrogens with zero attached hydrogens (tertiary/aromatic N) is 1. The van der Waals surface area contributed by atoms with Crippen LogP contribution in [0.1, 0.15) is 18.9 Å². The molecule has 1 aliphatic heterocycles. The van der Waals surface area contributed by atoms with Crippen LogP contribution in [0.4, 0.5) is 11.4 Å². The van der Waals surface area contributed by atoms with E-state index in [2.05, 4.69) is 17.4 Å². The van der Waals surface area contributed by atoms with Crippen molar-refractivity contribution >= 4 is 34.8 Å². The van der Waals surface area contributed by atoms with Gasteiger partial charge in [0.1, 0.15) is 11.6 Å². The fraction of sp³-hybridized carbons (Fsp3) is 0.300. The molecule has 1 atom stereocenters. The van der Waals surface area contributed by atoms with E-state index in [1.165, 1.54) is 5.56 Å². The van der Waals surface area contributed by atoms with Gasteiger partial charge in [0.05, 0.1) is 5.69 Å². The van der Waals surface area contributed by atoms with Crippen LogP contribution in [0.3, 0.4) is 0 Å². The van der Waals surface area contributed by atoms with Crippen LogP contribution in [-0.4, -0.2) is 30.3 Å². The maximum atomic E-state index is 12.6. The van der Waals surface area contributed by atoms with Gasteiger partial charge in [0.15, 0.2) is 6.10 Å². The zero-order valence-corrected chi connectivity index (χ0v) is 15.3. The van der Waals surface area contributed by atoms with Gasteiger partial charge in [-0.15, -0.1) is 11.6 Å². The second-order valence-corrected chi connectivity index (χ2v) is 6.47. The number of aryl methyl sites for hydroxylation is 1. The van der Waals surface area contributed by atoms with E-state index in [0.29, 0.717) is 23.7 Å². The predicted molar refractivity (Wildman–Crippen MR) is 103 cm³/mol. The minimum atomic E-state index is -0.525. The lowest BCUT2D eigenvalue weighted by Crippen LogP contribution is -2.45. The number of halogens is 1. The fourth-order valence-electron chi connectivity index (χ4n) is 3.00. The Morgan fingerprint density at radius 1 is 1.23 bits per heavy atom. The number of fused-ring (bicyclic) bond motifs is 1. The summed E-state index contributed by atoms with van der Waals surface area (Å²) in [5, 5.41) is 2.71. The highest BCUT2D eigenvalue weighted by molar-refractivity contribution is 6.29. The number of anilines is 2. The van der Waals surface area contributed by atoms with Crippen LogP contribution >= 0.6 is 11.6 Å². The van der Waals surface area contributed by atoms with E-state index in [9.17, 15) is 9.59 Å². The van der Waals surface area contributed by atoms with Gasteiger partial charge in [-0.1, -0.05) is 30.3 Å². The van der Waals surface area contributed by atoms with Gasteiger partial charge in [-0.05, 0) is 43.5 Å². The predicted octanol–water partition coefficient (Wildman–Crippen LogP) is 3.61.